The van der Waals surface area contributed by atoms with E-state index in [4.69, 9.17) is 0 Å². The normalized spacial score (nSPS) is 10.3. The maximum absolute atomic E-state index is 13.1. The molecule has 0 unspecified atom stereocenters. The molecule has 0 fully saturated rings. The second kappa shape index (κ2) is 2.93. The molecule has 0 amide bonds. The van der Waals surface area contributed by atoms with E-state index in [2.05, 4.69) is 21.5 Å². The summed E-state index contributed by atoms with van der Waals surface area (Å²) in [6.45, 7) is 0. The Morgan fingerprint density at radius 1 is 1.31 bits per heavy atom. The number of nitrogens with one attached hydrogen (secondary N) is 1. The third-order valence-electron chi connectivity index (χ3n) is 1.56. The molecule has 2 aromatic rings. The fourth-order valence-corrected chi connectivity index (χ4v) is 0.977. The summed E-state index contributed by atoms with van der Waals surface area (Å²) in [6, 6.07) is 3.12. The second-order valence-corrected chi connectivity index (χ2v) is 2.41. The molecule has 0 saturated heterocycles. The summed E-state index contributed by atoms with van der Waals surface area (Å²) in [5.74, 6) is -0.906. The average molecular weight is 180 g/mol. The Hall–Kier alpha value is -1.78. The molecule has 13 heavy (non-hydrogen) atoms. The summed E-state index contributed by atoms with van der Waals surface area (Å²) in [5.41, 5.74) is 0.0498. The van der Waals surface area contributed by atoms with Crippen molar-refractivity contribution in [2.45, 2.75) is 0 Å². The van der Waals surface area contributed by atoms with Gasteiger partial charge in [0, 0.05) is 0 Å². The van der Waals surface area contributed by atoms with Gasteiger partial charge < -0.3 is 0 Å². The number of H-pyrrole nitrogens is 1. The first kappa shape index (κ1) is 7.85. The Balaban J connectivity index is 2.57. The molecule has 0 atom stereocenters. The van der Waals surface area contributed by atoms with E-state index >= 15 is 0 Å². The maximum Gasteiger partial charge on any atom is 0.221 e. The molecular weight excluding hydrogens is 176 g/mol. The van der Waals surface area contributed by atoms with E-state index in [0.29, 0.717) is 0 Å². The van der Waals surface area contributed by atoms with Crippen LogP contribution in [0.3, 0.4) is 0 Å². The number of nitrogens with zero attached hydrogens (tertiary/aromatic N) is 2. The fraction of sp³-hybridized carbons (Fsp3) is 0. The second-order valence-electron chi connectivity index (χ2n) is 2.41. The fourth-order valence-electron chi connectivity index (χ4n) is 0.977. The van der Waals surface area contributed by atoms with E-state index in [1.165, 1.54) is 0 Å². The van der Waals surface area contributed by atoms with Gasteiger partial charge in [0.05, 0.1) is 5.56 Å². The smallest absolute Gasteiger partial charge is 0.221 e. The number of aromatic amines is 1. The van der Waals surface area contributed by atoms with Gasteiger partial charge >= 0.3 is 0 Å². The monoisotopic (exact) mass is 180 g/mol. The zero-order valence-corrected chi connectivity index (χ0v) is 6.38. The van der Waals surface area contributed by atoms with E-state index < -0.39 is 11.6 Å². The largest absolute Gasteiger partial charge is 0.258 e. The van der Waals surface area contributed by atoms with Gasteiger partial charge in [-0.3, -0.25) is 5.10 Å². The molecule has 1 radical (unpaired) electrons. The molecule has 0 bridgehead atoms. The van der Waals surface area contributed by atoms with Crippen LogP contribution in [-0.2, 0) is 0 Å². The van der Waals surface area contributed by atoms with Gasteiger partial charge in [-0.25, -0.2) is 13.8 Å². The average Bonchev–Trinajstić information content (AvgIpc) is 2.61. The van der Waals surface area contributed by atoms with Crippen LogP contribution in [0.1, 0.15) is 0 Å². The first-order valence-electron chi connectivity index (χ1n) is 3.51. The molecule has 0 saturated carbocycles. The Kier molecular flexibility index (Phi) is 1.77. The number of aromatic nitrogens is 3. The van der Waals surface area contributed by atoms with Crippen LogP contribution in [0.25, 0.3) is 11.4 Å². The molecule has 1 aromatic carbocycles. The lowest BCUT2D eigenvalue weighted by atomic mass is 10.2. The highest BCUT2D eigenvalue weighted by Crippen LogP contribution is 2.18. The van der Waals surface area contributed by atoms with Crippen LogP contribution in [0.2, 0.25) is 0 Å². The Labute approximate surface area is 72.4 Å². The number of rotatable bonds is 1. The van der Waals surface area contributed by atoms with Crippen molar-refractivity contribution in [1.29, 1.82) is 0 Å². The van der Waals surface area contributed by atoms with Gasteiger partial charge in [0.15, 0.2) is 5.82 Å². The summed E-state index contributed by atoms with van der Waals surface area (Å²) in [7, 11) is 0. The standard InChI is InChI=1S/C8H4F2N3/c9-5-1-2-7(10)6(3-5)8-11-4-12-13-8/h1-3H,(H,11,12,13). The van der Waals surface area contributed by atoms with Crippen molar-refractivity contribution < 1.29 is 8.78 Å². The van der Waals surface area contributed by atoms with Crippen molar-refractivity contribution in [2.24, 2.45) is 0 Å². The number of halogens is 2. The quantitative estimate of drug-likeness (QED) is 0.723. The molecular formula is C8H4F2N3. The van der Waals surface area contributed by atoms with Crippen molar-refractivity contribution >= 4 is 0 Å². The van der Waals surface area contributed by atoms with E-state index in [0.717, 1.165) is 18.2 Å². The van der Waals surface area contributed by atoms with Crippen molar-refractivity contribution in [2.75, 3.05) is 0 Å². The van der Waals surface area contributed by atoms with Crippen LogP contribution in [0.5, 0.6) is 0 Å². The minimum atomic E-state index is -0.549. The van der Waals surface area contributed by atoms with Gasteiger partial charge in [-0.15, -0.1) is 5.10 Å². The summed E-state index contributed by atoms with van der Waals surface area (Å²) >= 11 is 0. The van der Waals surface area contributed by atoms with E-state index in [-0.39, 0.29) is 11.4 Å². The number of hydrogen-bond acceptors (Lipinski definition) is 2. The van der Waals surface area contributed by atoms with Crippen molar-refractivity contribution in [3.63, 3.8) is 0 Å². The molecule has 5 heteroatoms. The summed E-state index contributed by atoms with van der Waals surface area (Å²) in [6.07, 6.45) is 2.23. The maximum atomic E-state index is 13.1. The number of benzene rings is 1. The van der Waals surface area contributed by atoms with Crippen LogP contribution < -0.4 is 0 Å². The lowest BCUT2D eigenvalue weighted by Gasteiger charge is -1.97. The Bertz CT molecular complexity index is 411. The topological polar surface area (TPSA) is 41.6 Å². The Morgan fingerprint density at radius 2 is 2.15 bits per heavy atom. The van der Waals surface area contributed by atoms with Gasteiger partial charge in [-0.05, 0) is 18.2 Å². The van der Waals surface area contributed by atoms with Crippen LogP contribution in [0.15, 0.2) is 18.2 Å². The lowest BCUT2D eigenvalue weighted by molar-refractivity contribution is 0.602. The highest BCUT2D eigenvalue weighted by Gasteiger charge is 2.08. The third-order valence-corrected chi connectivity index (χ3v) is 1.56. The van der Waals surface area contributed by atoms with Crippen LogP contribution in [-0.4, -0.2) is 15.2 Å². The molecule has 0 aliphatic carbocycles. The van der Waals surface area contributed by atoms with E-state index in [1.54, 1.807) is 0 Å². The van der Waals surface area contributed by atoms with Crippen molar-refractivity contribution in [3.05, 3.63) is 36.2 Å². The minimum absolute atomic E-state index is 0.0498. The van der Waals surface area contributed by atoms with Gasteiger partial charge in [0.25, 0.3) is 0 Å². The first-order chi connectivity index (χ1) is 6.27. The molecule has 0 spiro atoms. The molecule has 1 N–H and O–H groups in total. The van der Waals surface area contributed by atoms with E-state index in [1.807, 2.05) is 0 Å². The first-order valence-corrected chi connectivity index (χ1v) is 3.51. The van der Waals surface area contributed by atoms with Crippen LogP contribution >= 0.6 is 0 Å². The molecule has 0 aliphatic heterocycles. The molecule has 0 aliphatic rings. The highest BCUT2D eigenvalue weighted by molar-refractivity contribution is 5.54. The Morgan fingerprint density at radius 3 is 2.85 bits per heavy atom. The third kappa shape index (κ3) is 1.40. The van der Waals surface area contributed by atoms with Gasteiger partial charge in [-0.1, -0.05) is 0 Å². The molecule has 2 rings (SSSR count). The zero-order valence-electron chi connectivity index (χ0n) is 6.38. The van der Waals surface area contributed by atoms with Gasteiger partial charge in [-0.2, -0.15) is 0 Å². The minimum Gasteiger partial charge on any atom is -0.258 e. The van der Waals surface area contributed by atoms with Gasteiger partial charge in [0.2, 0.25) is 6.33 Å². The highest BCUT2D eigenvalue weighted by atomic mass is 19.1. The molecule has 1 heterocycles. The van der Waals surface area contributed by atoms with Crippen molar-refractivity contribution in [1.82, 2.24) is 15.2 Å². The van der Waals surface area contributed by atoms with E-state index in [9.17, 15) is 8.78 Å². The zero-order chi connectivity index (χ0) is 9.26. The summed E-state index contributed by atoms with van der Waals surface area (Å²) < 4.78 is 25.8. The number of hydrogen-bond donors (Lipinski definition) is 1. The van der Waals surface area contributed by atoms with Crippen LogP contribution in [0.4, 0.5) is 8.78 Å². The summed E-state index contributed by atoms with van der Waals surface area (Å²) in [5, 5.41) is 5.82. The predicted octanol–water partition coefficient (Wildman–Crippen LogP) is 1.55. The molecule has 65 valence electrons. The SMILES string of the molecule is Fc1ccc(F)c(-c2n[c]n[nH]2)c1. The van der Waals surface area contributed by atoms with Crippen LogP contribution in [0, 0.1) is 18.0 Å². The molecule has 3 nitrogen and oxygen atoms in total. The van der Waals surface area contributed by atoms with Crippen molar-refractivity contribution in [3.8, 4) is 11.4 Å². The van der Waals surface area contributed by atoms with Gasteiger partial charge in [0.1, 0.15) is 11.6 Å². The summed E-state index contributed by atoms with van der Waals surface area (Å²) in [4.78, 5) is 3.59. The lowest BCUT2D eigenvalue weighted by Crippen LogP contribution is -1.88. The predicted molar refractivity (Wildman–Crippen MR) is 40.6 cm³/mol. The molecule has 1 aromatic heterocycles.